The molecule has 2 amide bonds. The molecule has 2 atom stereocenters. The zero-order chi connectivity index (χ0) is 26.0. The van der Waals surface area contributed by atoms with Gasteiger partial charge in [0.15, 0.2) is 0 Å². The molecule has 0 radical (unpaired) electrons. The van der Waals surface area contributed by atoms with Crippen LogP contribution < -0.4 is 10.0 Å². The molecule has 12 heteroatoms. The van der Waals surface area contributed by atoms with Gasteiger partial charge in [0.1, 0.15) is 10.3 Å². The molecule has 1 aromatic carbocycles. The number of aromatic nitrogens is 1. The lowest BCUT2D eigenvalue weighted by molar-refractivity contribution is -0.143. The van der Waals surface area contributed by atoms with Gasteiger partial charge in [-0.3, -0.25) is 14.6 Å². The van der Waals surface area contributed by atoms with Crippen LogP contribution in [0.4, 0.5) is 5.69 Å². The number of nitrogens with one attached hydrogen (secondary N) is 2. The number of nitrogens with zero attached hydrogens (tertiary/aromatic N) is 3. The second kappa shape index (κ2) is 10.9. The summed E-state index contributed by atoms with van der Waals surface area (Å²) in [6.45, 7) is 1.62. The molecule has 2 aromatic heterocycles. The predicted molar refractivity (Wildman–Crippen MR) is 144 cm³/mol. The monoisotopic (exact) mass is 561 g/mol. The largest absolute Gasteiger partial charge is 0.382 e. The fourth-order valence-electron chi connectivity index (χ4n) is 4.91. The van der Waals surface area contributed by atoms with E-state index in [2.05, 4.69) is 15.0 Å². The van der Waals surface area contributed by atoms with E-state index in [1.54, 1.807) is 36.7 Å². The van der Waals surface area contributed by atoms with Crippen LogP contribution in [-0.2, 0) is 19.6 Å². The maximum atomic E-state index is 13.2. The molecule has 2 saturated heterocycles. The number of hydrogen-bond donors (Lipinski definition) is 2. The second-order valence-electron chi connectivity index (χ2n) is 9.33. The molecule has 2 N–H and O–H groups in total. The zero-order valence-corrected chi connectivity index (χ0v) is 22.5. The summed E-state index contributed by atoms with van der Waals surface area (Å²) in [7, 11) is -3.91. The Morgan fingerprint density at radius 2 is 2.00 bits per heavy atom. The number of halogens is 1. The number of rotatable bonds is 8. The molecule has 37 heavy (non-hydrogen) atoms. The van der Waals surface area contributed by atoms with Crippen LogP contribution in [0.15, 0.2) is 53.0 Å². The average molecular weight is 562 g/mol. The summed E-state index contributed by atoms with van der Waals surface area (Å²) < 4.78 is 29.7. The number of piperidine rings is 1. The van der Waals surface area contributed by atoms with Gasteiger partial charge in [-0.2, -0.15) is 4.72 Å². The number of carbonyl (C=O) groups excluding carboxylic acids is 2. The highest BCUT2D eigenvalue weighted by Gasteiger charge is 2.36. The average Bonchev–Trinajstić information content (AvgIpc) is 3.53. The Morgan fingerprint density at radius 1 is 1.16 bits per heavy atom. The molecular formula is C25H28ClN5O4S2. The number of hydrogen-bond acceptors (Lipinski definition) is 7. The van der Waals surface area contributed by atoms with Crippen molar-refractivity contribution >= 4 is 60.5 Å². The number of amides is 2. The van der Waals surface area contributed by atoms with Crippen molar-refractivity contribution in [3.05, 3.63) is 53.8 Å². The molecule has 5 rings (SSSR count). The van der Waals surface area contributed by atoms with Crippen molar-refractivity contribution in [2.24, 2.45) is 0 Å². The van der Waals surface area contributed by atoms with Gasteiger partial charge in [0, 0.05) is 47.8 Å². The molecule has 2 fully saturated rings. The third kappa shape index (κ3) is 5.90. The first-order valence-electron chi connectivity index (χ1n) is 12.2. The highest BCUT2D eigenvalue weighted by Crippen LogP contribution is 2.31. The number of pyridine rings is 1. The van der Waals surface area contributed by atoms with Crippen LogP contribution in [-0.4, -0.2) is 73.3 Å². The molecule has 4 heterocycles. The Kier molecular flexibility index (Phi) is 7.66. The van der Waals surface area contributed by atoms with Gasteiger partial charge in [-0.05, 0) is 67.5 Å². The van der Waals surface area contributed by atoms with E-state index < -0.39 is 16.1 Å². The van der Waals surface area contributed by atoms with E-state index in [-0.39, 0.29) is 28.6 Å². The van der Waals surface area contributed by atoms with E-state index in [4.69, 9.17) is 11.6 Å². The van der Waals surface area contributed by atoms with Crippen LogP contribution in [0.2, 0.25) is 5.02 Å². The third-order valence-electron chi connectivity index (χ3n) is 6.78. The number of benzene rings is 1. The predicted octanol–water partition coefficient (Wildman–Crippen LogP) is 3.32. The van der Waals surface area contributed by atoms with E-state index in [1.807, 2.05) is 17.0 Å². The van der Waals surface area contributed by atoms with Crippen molar-refractivity contribution in [1.82, 2.24) is 19.5 Å². The van der Waals surface area contributed by atoms with Gasteiger partial charge in [-0.1, -0.05) is 11.6 Å². The SMILES string of the molecule is O=C1[C@@H](NS(=O)(=O)c2cc3cc(Cl)ccc3s2)CCCN1CC(=O)N1CCC[C@H]1CNc1cccnc1. The van der Waals surface area contributed by atoms with Crippen molar-refractivity contribution in [3.63, 3.8) is 0 Å². The molecule has 9 nitrogen and oxygen atoms in total. The van der Waals surface area contributed by atoms with Crippen molar-refractivity contribution in [1.29, 1.82) is 0 Å². The molecule has 2 aliphatic rings. The summed E-state index contributed by atoms with van der Waals surface area (Å²) in [6, 6.07) is 9.67. The third-order valence-corrected chi connectivity index (χ3v) is 10.1. The molecule has 0 bridgehead atoms. The van der Waals surface area contributed by atoms with E-state index in [0.29, 0.717) is 37.5 Å². The van der Waals surface area contributed by atoms with Crippen LogP contribution in [0.5, 0.6) is 0 Å². The van der Waals surface area contributed by atoms with Crippen molar-refractivity contribution < 1.29 is 18.0 Å². The van der Waals surface area contributed by atoms with E-state index in [1.165, 1.54) is 4.90 Å². The van der Waals surface area contributed by atoms with E-state index in [0.717, 1.165) is 40.0 Å². The zero-order valence-electron chi connectivity index (χ0n) is 20.1. The van der Waals surface area contributed by atoms with Crippen LogP contribution >= 0.6 is 22.9 Å². The number of anilines is 1. The fraction of sp³-hybridized carbons (Fsp3) is 0.400. The van der Waals surface area contributed by atoms with E-state index >= 15 is 0 Å². The fourth-order valence-corrected chi connectivity index (χ4v) is 7.71. The topological polar surface area (TPSA) is 112 Å². The minimum atomic E-state index is -3.91. The Bertz CT molecular complexity index is 1400. The lowest BCUT2D eigenvalue weighted by Crippen LogP contribution is -2.55. The van der Waals surface area contributed by atoms with Crippen LogP contribution in [0.1, 0.15) is 25.7 Å². The Labute approximate surface area is 224 Å². The summed E-state index contributed by atoms with van der Waals surface area (Å²) in [5.74, 6) is -0.481. The van der Waals surface area contributed by atoms with Gasteiger partial charge in [0.05, 0.1) is 12.2 Å². The Morgan fingerprint density at radius 3 is 2.81 bits per heavy atom. The molecule has 0 saturated carbocycles. The minimum Gasteiger partial charge on any atom is -0.382 e. The van der Waals surface area contributed by atoms with Crippen molar-refractivity contribution in [2.45, 2.75) is 42.0 Å². The summed E-state index contributed by atoms with van der Waals surface area (Å²) >= 11 is 7.16. The van der Waals surface area contributed by atoms with Gasteiger partial charge in [-0.15, -0.1) is 11.3 Å². The first kappa shape index (κ1) is 25.9. The van der Waals surface area contributed by atoms with Gasteiger partial charge in [0.2, 0.25) is 11.8 Å². The van der Waals surface area contributed by atoms with Gasteiger partial charge in [-0.25, -0.2) is 8.42 Å². The summed E-state index contributed by atoms with van der Waals surface area (Å²) in [5.41, 5.74) is 0.893. The van der Waals surface area contributed by atoms with Crippen LogP contribution in [0.3, 0.4) is 0 Å². The molecule has 2 aliphatic heterocycles. The normalized spacial score (nSPS) is 20.5. The van der Waals surface area contributed by atoms with Gasteiger partial charge < -0.3 is 15.1 Å². The van der Waals surface area contributed by atoms with Gasteiger partial charge in [0.25, 0.3) is 10.0 Å². The minimum absolute atomic E-state index is 0.0309. The number of sulfonamides is 1. The highest BCUT2D eigenvalue weighted by atomic mass is 35.5. The smallest absolute Gasteiger partial charge is 0.250 e. The van der Waals surface area contributed by atoms with Crippen molar-refractivity contribution in [3.8, 4) is 0 Å². The highest BCUT2D eigenvalue weighted by molar-refractivity contribution is 7.91. The standard InChI is InChI=1S/C25H28ClN5O4S2/c26-18-7-8-22-17(12-18)13-24(36-22)37(34,35)29-21-6-3-10-30(25(21)33)16-23(32)31-11-2-5-20(31)15-28-19-4-1-9-27-14-19/h1,4,7-9,12-14,20-21,28-29H,2-3,5-6,10-11,15-16H2/t20-,21-/m0/s1. The number of fused-ring (bicyclic) bond motifs is 1. The van der Waals surface area contributed by atoms with E-state index in [9.17, 15) is 18.0 Å². The maximum absolute atomic E-state index is 13.2. The van der Waals surface area contributed by atoms with Crippen molar-refractivity contribution in [2.75, 3.05) is 31.5 Å². The van der Waals surface area contributed by atoms with Crippen LogP contribution in [0.25, 0.3) is 10.1 Å². The summed E-state index contributed by atoms with van der Waals surface area (Å²) in [4.78, 5) is 33.8. The maximum Gasteiger partial charge on any atom is 0.250 e. The molecule has 196 valence electrons. The molecule has 0 unspecified atom stereocenters. The molecule has 0 aliphatic carbocycles. The lowest BCUT2D eigenvalue weighted by Gasteiger charge is -2.34. The first-order chi connectivity index (χ1) is 17.8. The Balaban J connectivity index is 1.21. The molecule has 0 spiro atoms. The second-order valence-corrected chi connectivity index (χ2v) is 12.8. The quantitative estimate of drug-likeness (QED) is 0.436. The Hall–Kier alpha value is -2.73. The first-order valence-corrected chi connectivity index (χ1v) is 14.9. The molecule has 3 aromatic rings. The number of likely N-dealkylation sites (tertiary alicyclic amines) is 2. The van der Waals surface area contributed by atoms with Crippen LogP contribution in [0, 0.1) is 0 Å². The number of carbonyl (C=O) groups is 2. The lowest BCUT2D eigenvalue weighted by atomic mass is 10.1. The number of thiophene rings is 1. The summed E-state index contributed by atoms with van der Waals surface area (Å²) in [6.07, 6.45) is 6.24. The summed E-state index contributed by atoms with van der Waals surface area (Å²) in [5, 5.41) is 4.59. The van der Waals surface area contributed by atoms with Gasteiger partial charge >= 0.3 is 0 Å². The molecular weight excluding hydrogens is 534 g/mol.